The SMILES string of the molecule is Cc1cccc(NC(=O)C2CC(=O)N(c3cccc(Cl)c3Cl)C2)c1C. The lowest BCUT2D eigenvalue weighted by Gasteiger charge is -2.19. The van der Waals surface area contributed by atoms with Gasteiger partial charge in [-0.05, 0) is 43.2 Å². The van der Waals surface area contributed by atoms with E-state index >= 15 is 0 Å². The zero-order chi connectivity index (χ0) is 18.1. The second kappa shape index (κ2) is 7.06. The second-order valence-corrected chi connectivity index (χ2v) is 7.00. The van der Waals surface area contributed by atoms with Crippen LogP contribution >= 0.6 is 23.2 Å². The summed E-state index contributed by atoms with van der Waals surface area (Å²) in [5.41, 5.74) is 3.44. The number of hydrogen-bond donors (Lipinski definition) is 1. The van der Waals surface area contributed by atoms with Gasteiger partial charge in [-0.15, -0.1) is 0 Å². The van der Waals surface area contributed by atoms with E-state index in [4.69, 9.17) is 23.2 Å². The third kappa shape index (κ3) is 3.51. The van der Waals surface area contributed by atoms with Gasteiger partial charge in [0.2, 0.25) is 11.8 Å². The largest absolute Gasteiger partial charge is 0.326 e. The topological polar surface area (TPSA) is 49.4 Å². The number of anilines is 2. The second-order valence-electron chi connectivity index (χ2n) is 6.22. The van der Waals surface area contributed by atoms with Crippen LogP contribution in [0, 0.1) is 19.8 Å². The smallest absolute Gasteiger partial charge is 0.229 e. The van der Waals surface area contributed by atoms with Gasteiger partial charge in [0, 0.05) is 18.7 Å². The van der Waals surface area contributed by atoms with Gasteiger partial charge in [-0.25, -0.2) is 0 Å². The van der Waals surface area contributed by atoms with Gasteiger partial charge in [0.15, 0.2) is 0 Å². The minimum atomic E-state index is -0.428. The highest BCUT2D eigenvalue weighted by atomic mass is 35.5. The molecule has 0 aliphatic carbocycles. The molecule has 2 aromatic carbocycles. The lowest BCUT2D eigenvalue weighted by atomic mass is 10.1. The van der Waals surface area contributed by atoms with Crippen LogP contribution in [0.15, 0.2) is 36.4 Å². The molecule has 1 aliphatic rings. The molecule has 130 valence electrons. The Kier molecular flexibility index (Phi) is 5.02. The summed E-state index contributed by atoms with van der Waals surface area (Å²) in [5, 5.41) is 3.65. The van der Waals surface area contributed by atoms with Gasteiger partial charge in [0.25, 0.3) is 0 Å². The van der Waals surface area contributed by atoms with Gasteiger partial charge in [-0.1, -0.05) is 41.4 Å². The van der Waals surface area contributed by atoms with E-state index < -0.39 is 5.92 Å². The van der Waals surface area contributed by atoms with Gasteiger partial charge in [0.1, 0.15) is 0 Å². The average molecular weight is 377 g/mol. The fraction of sp³-hybridized carbons (Fsp3) is 0.263. The van der Waals surface area contributed by atoms with Crippen molar-refractivity contribution in [1.29, 1.82) is 0 Å². The molecule has 0 bridgehead atoms. The van der Waals surface area contributed by atoms with Crippen LogP contribution in [0.4, 0.5) is 11.4 Å². The van der Waals surface area contributed by atoms with E-state index in [0.29, 0.717) is 15.7 Å². The first kappa shape index (κ1) is 17.8. The summed E-state index contributed by atoms with van der Waals surface area (Å²) in [6, 6.07) is 10.9. The molecule has 1 heterocycles. The number of nitrogens with zero attached hydrogens (tertiary/aromatic N) is 1. The molecule has 25 heavy (non-hydrogen) atoms. The van der Waals surface area contributed by atoms with Crippen LogP contribution in [-0.2, 0) is 9.59 Å². The number of rotatable bonds is 3. The Hall–Kier alpha value is -2.04. The molecular weight excluding hydrogens is 359 g/mol. The van der Waals surface area contributed by atoms with Crippen molar-refractivity contribution in [3.05, 3.63) is 57.6 Å². The van der Waals surface area contributed by atoms with E-state index in [0.717, 1.165) is 16.8 Å². The quantitative estimate of drug-likeness (QED) is 0.850. The maximum atomic E-state index is 12.6. The molecule has 1 atom stereocenters. The highest BCUT2D eigenvalue weighted by Crippen LogP contribution is 2.36. The summed E-state index contributed by atoms with van der Waals surface area (Å²) in [6.45, 7) is 4.24. The van der Waals surface area contributed by atoms with E-state index in [2.05, 4.69) is 5.32 Å². The standard InChI is InChI=1S/C19H18Cl2N2O2/c1-11-5-3-7-15(12(11)2)22-19(25)13-9-17(24)23(10-13)16-8-4-6-14(20)18(16)21/h3-8,13H,9-10H2,1-2H3,(H,22,25). The Morgan fingerprint density at radius 2 is 1.88 bits per heavy atom. The molecule has 0 spiro atoms. The van der Waals surface area contributed by atoms with Crippen LogP contribution in [-0.4, -0.2) is 18.4 Å². The molecule has 2 amide bonds. The fourth-order valence-electron chi connectivity index (χ4n) is 2.94. The van der Waals surface area contributed by atoms with Crippen LogP contribution in [0.5, 0.6) is 0 Å². The summed E-state index contributed by atoms with van der Waals surface area (Å²) < 4.78 is 0. The predicted molar refractivity (Wildman–Crippen MR) is 101 cm³/mol. The van der Waals surface area contributed by atoms with Crippen LogP contribution < -0.4 is 10.2 Å². The fourth-order valence-corrected chi connectivity index (χ4v) is 3.34. The lowest BCUT2D eigenvalue weighted by Crippen LogP contribution is -2.28. The van der Waals surface area contributed by atoms with Crippen LogP contribution in [0.2, 0.25) is 10.0 Å². The van der Waals surface area contributed by atoms with Crippen molar-refractivity contribution in [2.45, 2.75) is 20.3 Å². The van der Waals surface area contributed by atoms with Gasteiger partial charge in [0.05, 0.1) is 21.7 Å². The van der Waals surface area contributed by atoms with E-state index in [-0.39, 0.29) is 24.8 Å². The zero-order valence-corrected chi connectivity index (χ0v) is 15.5. The van der Waals surface area contributed by atoms with E-state index in [1.165, 1.54) is 4.90 Å². The van der Waals surface area contributed by atoms with Crippen molar-refractivity contribution >= 4 is 46.4 Å². The zero-order valence-electron chi connectivity index (χ0n) is 14.0. The van der Waals surface area contributed by atoms with Crippen LogP contribution in [0.25, 0.3) is 0 Å². The number of nitrogens with one attached hydrogen (secondary N) is 1. The Balaban J connectivity index is 1.77. The highest BCUT2D eigenvalue weighted by Gasteiger charge is 2.36. The molecule has 0 radical (unpaired) electrons. The van der Waals surface area contributed by atoms with E-state index in [1.54, 1.807) is 18.2 Å². The monoisotopic (exact) mass is 376 g/mol. The number of hydrogen-bond acceptors (Lipinski definition) is 2. The summed E-state index contributed by atoms with van der Waals surface area (Å²) in [4.78, 5) is 26.5. The molecule has 6 heteroatoms. The first-order chi connectivity index (χ1) is 11.9. The first-order valence-corrected chi connectivity index (χ1v) is 8.75. The summed E-state index contributed by atoms with van der Waals surface area (Å²) >= 11 is 12.2. The van der Waals surface area contributed by atoms with Crippen molar-refractivity contribution in [2.75, 3.05) is 16.8 Å². The van der Waals surface area contributed by atoms with Crippen molar-refractivity contribution in [2.24, 2.45) is 5.92 Å². The number of carbonyl (C=O) groups excluding carboxylic acids is 2. The molecule has 1 N–H and O–H groups in total. The molecule has 1 aliphatic heterocycles. The Labute approximate surface area is 156 Å². The molecule has 4 nitrogen and oxygen atoms in total. The maximum absolute atomic E-state index is 12.6. The number of benzene rings is 2. The van der Waals surface area contributed by atoms with Crippen LogP contribution in [0.3, 0.4) is 0 Å². The van der Waals surface area contributed by atoms with Gasteiger partial charge < -0.3 is 10.2 Å². The molecule has 0 aromatic heterocycles. The number of amides is 2. The van der Waals surface area contributed by atoms with Crippen molar-refractivity contribution < 1.29 is 9.59 Å². The molecule has 0 saturated carbocycles. The Bertz CT molecular complexity index is 851. The first-order valence-electron chi connectivity index (χ1n) is 8.00. The van der Waals surface area contributed by atoms with Gasteiger partial charge in [-0.2, -0.15) is 0 Å². The summed E-state index contributed by atoms with van der Waals surface area (Å²) in [6.07, 6.45) is 0.152. The molecule has 1 saturated heterocycles. The molecular formula is C19H18Cl2N2O2. The molecule has 1 unspecified atom stereocenters. The van der Waals surface area contributed by atoms with Crippen LogP contribution in [0.1, 0.15) is 17.5 Å². The number of aryl methyl sites for hydroxylation is 1. The minimum absolute atomic E-state index is 0.134. The maximum Gasteiger partial charge on any atom is 0.229 e. The van der Waals surface area contributed by atoms with Gasteiger partial charge >= 0.3 is 0 Å². The van der Waals surface area contributed by atoms with Crippen molar-refractivity contribution in [3.63, 3.8) is 0 Å². The Morgan fingerprint density at radius 3 is 2.64 bits per heavy atom. The minimum Gasteiger partial charge on any atom is -0.326 e. The normalized spacial score (nSPS) is 17.0. The van der Waals surface area contributed by atoms with Gasteiger partial charge in [-0.3, -0.25) is 9.59 Å². The molecule has 2 aromatic rings. The van der Waals surface area contributed by atoms with E-state index in [9.17, 15) is 9.59 Å². The molecule has 1 fully saturated rings. The summed E-state index contributed by atoms with van der Waals surface area (Å²) in [5.74, 6) is -0.726. The van der Waals surface area contributed by atoms with E-state index in [1.807, 2.05) is 32.0 Å². The lowest BCUT2D eigenvalue weighted by molar-refractivity contribution is -0.122. The third-order valence-electron chi connectivity index (χ3n) is 4.58. The van der Waals surface area contributed by atoms with Crippen molar-refractivity contribution in [1.82, 2.24) is 0 Å². The summed E-state index contributed by atoms with van der Waals surface area (Å²) in [7, 11) is 0. The third-order valence-corrected chi connectivity index (χ3v) is 5.39. The number of halogens is 2. The highest BCUT2D eigenvalue weighted by molar-refractivity contribution is 6.44. The van der Waals surface area contributed by atoms with Crippen molar-refractivity contribution in [3.8, 4) is 0 Å². The Morgan fingerprint density at radius 1 is 1.16 bits per heavy atom. The molecule has 3 rings (SSSR count). The average Bonchev–Trinajstić information content (AvgIpc) is 2.96. The number of carbonyl (C=O) groups is 2. The predicted octanol–water partition coefficient (Wildman–Crippen LogP) is 4.60.